The van der Waals surface area contributed by atoms with Crippen LogP contribution in [0.2, 0.25) is 0 Å². The van der Waals surface area contributed by atoms with E-state index >= 15 is 0 Å². The summed E-state index contributed by atoms with van der Waals surface area (Å²) in [7, 11) is 0. The van der Waals surface area contributed by atoms with Gasteiger partial charge in [0.15, 0.2) is 6.04 Å². The highest BCUT2D eigenvalue weighted by Crippen LogP contribution is 2.20. The molecular weight excluding hydrogens is 330 g/mol. The number of anilines is 1. The van der Waals surface area contributed by atoms with Crippen LogP contribution in [0, 0.1) is 17.0 Å². The summed E-state index contributed by atoms with van der Waals surface area (Å²) in [6.07, 6.45) is 3.31. The van der Waals surface area contributed by atoms with Crippen LogP contribution in [0.5, 0.6) is 0 Å². The lowest BCUT2D eigenvalue weighted by molar-refractivity contribution is -0.926. The van der Waals surface area contributed by atoms with Crippen LogP contribution in [-0.4, -0.2) is 23.9 Å². The van der Waals surface area contributed by atoms with E-state index in [1.165, 1.54) is 23.5 Å². The molecule has 6 nitrogen and oxygen atoms in total. The van der Waals surface area contributed by atoms with Crippen molar-refractivity contribution in [3.05, 3.63) is 69.8 Å². The average molecular weight is 354 g/mol. The molecule has 0 unspecified atom stereocenters. The summed E-state index contributed by atoms with van der Waals surface area (Å²) >= 11 is 0. The first kappa shape index (κ1) is 18.1. The maximum Gasteiger partial charge on any atom is 0.287 e. The minimum absolute atomic E-state index is 0.0206. The van der Waals surface area contributed by atoms with Crippen LogP contribution in [-0.2, 0) is 4.79 Å². The number of nitro groups is 1. The van der Waals surface area contributed by atoms with Gasteiger partial charge >= 0.3 is 0 Å². The average Bonchev–Trinajstić information content (AvgIpc) is 2.63. The van der Waals surface area contributed by atoms with E-state index in [-0.39, 0.29) is 11.6 Å². The number of non-ortho nitro benzene ring substituents is 1. The Labute approximate surface area is 153 Å². The van der Waals surface area contributed by atoms with Crippen molar-refractivity contribution in [2.75, 3.05) is 18.4 Å². The summed E-state index contributed by atoms with van der Waals surface area (Å²) in [5.41, 5.74) is 2.54. The number of quaternary nitrogens is 1. The van der Waals surface area contributed by atoms with Gasteiger partial charge in [-0.15, -0.1) is 0 Å². The first-order valence-electron chi connectivity index (χ1n) is 9.01. The van der Waals surface area contributed by atoms with E-state index in [2.05, 4.69) is 5.32 Å². The van der Waals surface area contributed by atoms with Crippen molar-refractivity contribution in [2.24, 2.45) is 0 Å². The number of carbonyl (C=O) groups excluding carboxylic acids is 1. The summed E-state index contributed by atoms with van der Waals surface area (Å²) < 4.78 is 0. The van der Waals surface area contributed by atoms with Crippen molar-refractivity contribution in [3.63, 3.8) is 0 Å². The molecule has 26 heavy (non-hydrogen) atoms. The zero-order valence-electron chi connectivity index (χ0n) is 14.9. The molecule has 1 heterocycles. The summed E-state index contributed by atoms with van der Waals surface area (Å²) in [6.45, 7) is 3.77. The Hall–Kier alpha value is -2.73. The fraction of sp³-hybridized carbons (Fsp3) is 0.350. The van der Waals surface area contributed by atoms with Gasteiger partial charge in [0.25, 0.3) is 11.6 Å². The summed E-state index contributed by atoms with van der Waals surface area (Å²) in [6, 6.07) is 13.7. The summed E-state index contributed by atoms with van der Waals surface area (Å²) in [5.74, 6) is -0.118. The maximum absolute atomic E-state index is 13.1. The van der Waals surface area contributed by atoms with Crippen LogP contribution < -0.4 is 10.2 Å². The van der Waals surface area contributed by atoms with Gasteiger partial charge in [-0.3, -0.25) is 14.9 Å². The molecule has 2 aromatic rings. The number of aryl methyl sites for hydroxylation is 1. The highest BCUT2D eigenvalue weighted by Gasteiger charge is 2.33. The smallest absolute Gasteiger partial charge is 0.287 e. The minimum Gasteiger partial charge on any atom is -0.321 e. The minimum atomic E-state index is -0.448. The third-order valence-corrected chi connectivity index (χ3v) is 4.87. The van der Waals surface area contributed by atoms with E-state index in [1.54, 1.807) is 6.07 Å². The van der Waals surface area contributed by atoms with Crippen LogP contribution in [0.3, 0.4) is 0 Å². The number of carbonyl (C=O) groups is 1. The van der Waals surface area contributed by atoms with E-state index < -0.39 is 11.0 Å². The van der Waals surface area contributed by atoms with Crippen molar-refractivity contribution in [2.45, 2.75) is 32.2 Å². The molecule has 2 aromatic carbocycles. The number of likely N-dealkylation sites (tertiary alicyclic amines) is 1. The van der Waals surface area contributed by atoms with Crippen molar-refractivity contribution in [3.8, 4) is 0 Å². The number of piperidine rings is 1. The third kappa shape index (κ3) is 4.26. The second kappa shape index (κ2) is 8.10. The van der Waals surface area contributed by atoms with E-state index in [0.29, 0.717) is 5.56 Å². The second-order valence-electron chi connectivity index (χ2n) is 6.86. The fourth-order valence-corrected chi connectivity index (χ4v) is 3.62. The molecule has 0 radical (unpaired) electrons. The van der Waals surface area contributed by atoms with E-state index in [4.69, 9.17) is 0 Å². The zero-order valence-corrected chi connectivity index (χ0v) is 14.9. The Morgan fingerprint density at radius 3 is 2.54 bits per heavy atom. The molecule has 1 saturated heterocycles. The zero-order chi connectivity index (χ0) is 18.5. The molecular formula is C20H24N3O3+. The van der Waals surface area contributed by atoms with Gasteiger partial charge in [0, 0.05) is 23.4 Å². The summed E-state index contributed by atoms with van der Waals surface area (Å²) in [5, 5.41) is 14.1. The van der Waals surface area contributed by atoms with Gasteiger partial charge in [0.05, 0.1) is 18.0 Å². The lowest BCUT2D eigenvalue weighted by atomic mass is 10.00. The predicted octanol–water partition coefficient (Wildman–Crippen LogP) is 2.65. The quantitative estimate of drug-likeness (QED) is 0.640. The maximum atomic E-state index is 13.1. The SMILES string of the molecule is Cc1cccc(NC(=O)[C@@H](c2cccc([N+](=O)[O-])c2)[NH+]2CCCCC2)c1. The molecule has 1 atom stereocenters. The van der Waals surface area contributed by atoms with E-state index in [0.717, 1.165) is 37.2 Å². The monoisotopic (exact) mass is 354 g/mol. The topological polar surface area (TPSA) is 76.7 Å². The molecule has 3 rings (SSSR count). The first-order valence-corrected chi connectivity index (χ1v) is 9.01. The molecule has 1 aliphatic rings. The third-order valence-electron chi connectivity index (χ3n) is 4.87. The number of benzene rings is 2. The van der Waals surface area contributed by atoms with Crippen LogP contribution in [0.25, 0.3) is 0 Å². The molecule has 1 aliphatic heterocycles. The van der Waals surface area contributed by atoms with Gasteiger partial charge in [-0.25, -0.2) is 0 Å². The largest absolute Gasteiger partial charge is 0.321 e. The standard InChI is InChI=1S/C20H23N3O3/c1-15-7-5-9-17(13-15)21-20(24)19(22-11-3-2-4-12-22)16-8-6-10-18(14-16)23(25)26/h5-10,13-14,19H,2-4,11-12H2,1H3,(H,21,24)/p+1/t19-/m1/s1. The number of nitrogens with one attached hydrogen (secondary N) is 2. The van der Waals surface area contributed by atoms with Crippen LogP contribution >= 0.6 is 0 Å². The lowest BCUT2D eigenvalue weighted by Crippen LogP contribution is -3.14. The molecule has 6 heteroatoms. The summed E-state index contributed by atoms with van der Waals surface area (Å²) in [4.78, 5) is 25.0. The molecule has 1 fully saturated rings. The number of amides is 1. The van der Waals surface area contributed by atoms with E-state index in [9.17, 15) is 14.9 Å². The molecule has 1 amide bonds. The number of rotatable bonds is 5. The Balaban J connectivity index is 1.91. The molecule has 0 bridgehead atoms. The second-order valence-corrected chi connectivity index (χ2v) is 6.86. The van der Waals surface area contributed by atoms with Crippen molar-refractivity contribution >= 4 is 17.3 Å². The highest BCUT2D eigenvalue weighted by atomic mass is 16.6. The molecule has 136 valence electrons. The highest BCUT2D eigenvalue weighted by molar-refractivity contribution is 5.94. The Morgan fingerprint density at radius 2 is 1.85 bits per heavy atom. The first-order chi connectivity index (χ1) is 12.5. The Kier molecular flexibility index (Phi) is 5.63. The molecule has 0 saturated carbocycles. The lowest BCUT2D eigenvalue weighted by Gasteiger charge is -2.30. The van der Waals surface area contributed by atoms with Gasteiger partial charge < -0.3 is 10.2 Å². The fourth-order valence-electron chi connectivity index (χ4n) is 3.62. The number of hydrogen-bond donors (Lipinski definition) is 2. The van der Waals surface area contributed by atoms with E-state index in [1.807, 2.05) is 37.3 Å². The normalized spacial score (nSPS) is 16.0. The van der Waals surface area contributed by atoms with Crippen LogP contribution in [0.1, 0.15) is 36.4 Å². The van der Waals surface area contributed by atoms with Crippen LogP contribution in [0.4, 0.5) is 11.4 Å². The predicted molar refractivity (Wildman–Crippen MR) is 100 cm³/mol. The van der Waals surface area contributed by atoms with Gasteiger partial charge in [-0.1, -0.05) is 24.3 Å². The van der Waals surface area contributed by atoms with Crippen molar-refractivity contribution in [1.82, 2.24) is 0 Å². The van der Waals surface area contributed by atoms with Crippen LogP contribution in [0.15, 0.2) is 48.5 Å². The Morgan fingerprint density at radius 1 is 1.12 bits per heavy atom. The van der Waals surface area contributed by atoms with Gasteiger partial charge in [0.1, 0.15) is 0 Å². The molecule has 0 spiro atoms. The molecule has 0 aliphatic carbocycles. The van der Waals surface area contributed by atoms with Gasteiger partial charge in [-0.05, 0) is 43.9 Å². The Bertz CT molecular complexity index is 800. The molecule has 2 N–H and O–H groups in total. The van der Waals surface area contributed by atoms with Gasteiger partial charge in [-0.2, -0.15) is 0 Å². The van der Waals surface area contributed by atoms with Gasteiger partial charge in [0.2, 0.25) is 0 Å². The van der Waals surface area contributed by atoms with Crippen molar-refractivity contribution in [1.29, 1.82) is 0 Å². The number of hydrogen-bond acceptors (Lipinski definition) is 3. The molecule has 0 aromatic heterocycles. The van der Waals surface area contributed by atoms with Crippen molar-refractivity contribution < 1.29 is 14.6 Å². The number of nitro benzene ring substituents is 1. The number of nitrogens with zero attached hydrogens (tertiary/aromatic N) is 1.